The number of nitrogens with zero attached hydrogens (tertiary/aromatic N) is 2. The Morgan fingerprint density at radius 1 is 1.08 bits per heavy atom. The molecule has 0 aliphatic rings. The van der Waals surface area contributed by atoms with Crippen molar-refractivity contribution in [1.82, 2.24) is 9.78 Å². The standard InChI is InChI=1S/C18H14N2O4S/c1-20-17(22)16(25-13-10-6-5-9-12(13)18(23)24)15(21)14(19-20)11-7-3-2-4-8-11/h2-10,21H,1H3,(H,23,24). The molecule has 0 aliphatic carbocycles. The van der Waals surface area contributed by atoms with E-state index >= 15 is 0 Å². The fourth-order valence-corrected chi connectivity index (χ4v) is 3.37. The molecular weight excluding hydrogens is 340 g/mol. The zero-order chi connectivity index (χ0) is 18.0. The van der Waals surface area contributed by atoms with Gasteiger partial charge in [0, 0.05) is 17.5 Å². The van der Waals surface area contributed by atoms with Crippen molar-refractivity contribution in [3.05, 3.63) is 70.5 Å². The number of aromatic hydroxyl groups is 1. The first kappa shape index (κ1) is 16.8. The summed E-state index contributed by atoms with van der Waals surface area (Å²) >= 11 is 0.915. The second kappa shape index (κ2) is 6.82. The zero-order valence-electron chi connectivity index (χ0n) is 13.2. The van der Waals surface area contributed by atoms with Crippen molar-refractivity contribution in [1.29, 1.82) is 0 Å². The van der Waals surface area contributed by atoms with Crippen LogP contribution in [0, 0.1) is 0 Å². The van der Waals surface area contributed by atoms with Crippen molar-refractivity contribution in [2.45, 2.75) is 9.79 Å². The molecule has 2 aromatic carbocycles. The predicted octanol–water partition coefficient (Wildman–Crippen LogP) is 3.00. The lowest BCUT2D eigenvalue weighted by Gasteiger charge is -2.11. The highest BCUT2D eigenvalue weighted by molar-refractivity contribution is 7.99. The molecule has 0 radical (unpaired) electrons. The molecule has 0 saturated carbocycles. The molecule has 0 fully saturated rings. The maximum atomic E-state index is 12.4. The first-order chi connectivity index (χ1) is 12.0. The number of hydrogen-bond donors (Lipinski definition) is 2. The zero-order valence-corrected chi connectivity index (χ0v) is 14.0. The molecule has 0 unspecified atom stereocenters. The first-order valence-electron chi connectivity index (χ1n) is 7.35. The van der Waals surface area contributed by atoms with Gasteiger partial charge in [-0.1, -0.05) is 54.2 Å². The van der Waals surface area contributed by atoms with Gasteiger partial charge >= 0.3 is 5.97 Å². The molecule has 0 atom stereocenters. The van der Waals surface area contributed by atoms with Crippen LogP contribution in [-0.4, -0.2) is 26.0 Å². The molecule has 0 saturated heterocycles. The lowest BCUT2D eigenvalue weighted by atomic mass is 10.1. The molecule has 0 spiro atoms. The van der Waals surface area contributed by atoms with E-state index in [1.807, 2.05) is 6.07 Å². The summed E-state index contributed by atoms with van der Waals surface area (Å²) < 4.78 is 1.13. The Labute approximate surface area is 147 Å². The van der Waals surface area contributed by atoms with E-state index in [2.05, 4.69) is 5.10 Å². The number of aryl methyl sites for hydroxylation is 1. The number of carboxylic acid groups (broad SMARTS) is 1. The Kier molecular flexibility index (Phi) is 4.58. The molecule has 0 amide bonds. The van der Waals surface area contributed by atoms with Crippen LogP contribution in [-0.2, 0) is 7.05 Å². The van der Waals surface area contributed by atoms with Gasteiger partial charge in [-0.2, -0.15) is 5.10 Å². The molecule has 7 heteroatoms. The largest absolute Gasteiger partial charge is 0.504 e. The van der Waals surface area contributed by atoms with E-state index in [0.29, 0.717) is 10.5 Å². The summed E-state index contributed by atoms with van der Waals surface area (Å²) in [4.78, 5) is 24.2. The Balaban J connectivity index is 2.16. The van der Waals surface area contributed by atoms with E-state index in [9.17, 15) is 19.8 Å². The maximum Gasteiger partial charge on any atom is 0.336 e. The van der Waals surface area contributed by atoms with E-state index in [1.165, 1.54) is 13.1 Å². The lowest BCUT2D eigenvalue weighted by Crippen LogP contribution is -2.22. The molecule has 6 nitrogen and oxygen atoms in total. The van der Waals surface area contributed by atoms with Gasteiger partial charge in [0.1, 0.15) is 10.6 Å². The summed E-state index contributed by atoms with van der Waals surface area (Å²) in [5.74, 6) is -1.36. The van der Waals surface area contributed by atoms with Gasteiger partial charge in [-0.05, 0) is 12.1 Å². The molecular formula is C18H14N2O4S. The smallest absolute Gasteiger partial charge is 0.336 e. The van der Waals surface area contributed by atoms with Gasteiger partial charge in [-0.15, -0.1) is 0 Å². The highest BCUT2D eigenvalue weighted by Gasteiger charge is 2.20. The number of carbonyl (C=O) groups is 1. The topological polar surface area (TPSA) is 92.4 Å². The van der Waals surface area contributed by atoms with Crippen molar-refractivity contribution in [2.75, 3.05) is 0 Å². The number of aromatic nitrogens is 2. The molecule has 2 N–H and O–H groups in total. The van der Waals surface area contributed by atoms with Crippen LogP contribution >= 0.6 is 11.8 Å². The van der Waals surface area contributed by atoms with Crippen molar-refractivity contribution in [3.8, 4) is 17.0 Å². The molecule has 1 heterocycles. The van der Waals surface area contributed by atoms with Crippen LogP contribution in [0.15, 0.2) is 69.2 Å². The van der Waals surface area contributed by atoms with E-state index in [-0.39, 0.29) is 21.9 Å². The maximum absolute atomic E-state index is 12.4. The molecule has 1 aromatic heterocycles. The average molecular weight is 354 g/mol. The highest BCUT2D eigenvalue weighted by atomic mass is 32.2. The van der Waals surface area contributed by atoms with Crippen LogP contribution in [0.1, 0.15) is 10.4 Å². The summed E-state index contributed by atoms with van der Waals surface area (Å²) in [5.41, 5.74) is 0.483. The van der Waals surface area contributed by atoms with Gasteiger partial charge in [0.15, 0.2) is 5.75 Å². The lowest BCUT2D eigenvalue weighted by molar-refractivity contribution is 0.0693. The van der Waals surface area contributed by atoms with Crippen LogP contribution in [0.3, 0.4) is 0 Å². The number of rotatable bonds is 4. The minimum Gasteiger partial charge on any atom is -0.504 e. The molecule has 0 aliphatic heterocycles. The minimum atomic E-state index is -1.10. The third-order valence-corrected chi connectivity index (χ3v) is 4.70. The predicted molar refractivity (Wildman–Crippen MR) is 94.1 cm³/mol. The number of benzene rings is 2. The second-order valence-corrected chi connectivity index (χ2v) is 6.28. The van der Waals surface area contributed by atoms with Crippen LogP contribution in [0.4, 0.5) is 0 Å². The van der Waals surface area contributed by atoms with Crippen molar-refractivity contribution in [2.24, 2.45) is 7.05 Å². The van der Waals surface area contributed by atoms with Crippen LogP contribution in [0.5, 0.6) is 5.75 Å². The number of carboxylic acids is 1. The number of hydrogen-bond acceptors (Lipinski definition) is 5. The van der Waals surface area contributed by atoms with Crippen molar-refractivity contribution >= 4 is 17.7 Å². The monoisotopic (exact) mass is 354 g/mol. The fourth-order valence-electron chi connectivity index (χ4n) is 2.32. The summed E-state index contributed by atoms with van der Waals surface area (Å²) in [6.07, 6.45) is 0. The van der Waals surface area contributed by atoms with Crippen molar-refractivity contribution in [3.63, 3.8) is 0 Å². The van der Waals surface area contributed by atoms with Crippen LogP contribution in [0.25, 0.3) is 11.3 Å². The minimum absolute atomic E-state index is 0.0325. The van der Waals surface area contributed by atoms with Gasteiger partial charge in [-0.25, -0.2) is 9.48 Å². The second-order valence-electron chi connectivity index (χ2n) is 5.22. The third kappa shape index (κ3) is 3.27. The molecule has 0 bridgehead atoms. The average Bonchev–Trinajstić information content (AvgIpc) is 2.62. The molecule has 25 heavy (non-hydrogen) atoms. The van der Waals surface area contributed by atoms with E-state index in [0.717, 1.165) is 16.4 Å². The Morgan fingerprint density at radius 2 is 1.72 bits per heavy atom. The van der Waals surface area contributed by atoms with Crippen LogP contribution in [0.2, 0.25) is 0 Å². The summed E-state index contributed by atoms with van der Waals surface area (Å²) in [7, 11) is 1.49. The van der Waals surface area contributed by atoms with Gasteiger partial charge in [-0.3, -0.25) is 4.79 Å². The van der Waals surface area contributed by atoms with Crippen LogP contribution < -0.4 is 5.56 Å². The normalized spacial score (nSPS) is 10.6. The highest BCUT2D eigenvalue weighted by Crippen LogP contribution is 2.38. The van der Waals surface area contributed by atoms with Gasteiger partial charge in [0.25, 0.3) is 5.56 Å². The fraction of sp³-hybridized carbons (Fsp3) is 0.0556. The Hall–Kier alpha value is -3.06. The molecule has 3 rings (SSSR count). The van der Waals surface area contributed by atoms with Gasteiger partial charge in [0.2, 0.25) is 0 Å². The SMILES string of the molecule is Cn1nc(-c2ccccc2)c(O)c(Sc2ccccc2C(=O)O)c1=O. The van der Waals surface area contributed by atoms with Gasteiger partial charge < -0.3 is 10.2 Å². The quantitative estimate of drug-likeness (QED) is 0.748. The van der Waals surface area contributed by atoms with Crippen molar-refractivity contribution < 1.29 is 15.0 Å². The summed E-state index contributed by atoms with van der Waals surface area (Å²) in [5, 5.41) is 24.0. The first-order valence-corrected chi connectivity index (χ1v) is 8.16. The van der Waals surface area contributed by atoms with E-state index < -0.39 is 11.5 Å². The molecule has 3 aromatic rings. The van der Waals surface area contributed by atoms with E-state index in [1.54, 1.807) is 42.5 Å². The van der Waals surface area contributed by atoms with E-state index in [4.69, 9.17) is 0 Å². The molecule has 126 valence electrons. The summed E-state index contributed by atoms with van der Waals surface area (Å²) in [6, 6.07) is 15.3. The number of aromatic carboxylic acids is 1. The van der Waals surface area contributed by atoms with Gasteiger partial charge in [0.05, 0.1) is 5.56 Å². The Morgan fingerprint density at radius 3 is 2.40 bits per heavy atom. The third-order valence-electron chi connectivity index (χ3n) is 3.55. The summed E-state index contributed by atoms with van der Waals surface area (Å²) in [6.45, 7) is 0. The Bertz CT molecular complexity index is 1000.